The average molecular weight is 323 g/mol. The summed E-state index contributed by atoms with van der Waals surface area (Å²) in [6.45, 7) is 2.09. The lowest BCUT2D eigenvalue weighted by Crippen LogP contribution is -2.13. The quantitative estimate of drug-likeness (QED) is 0.492. The van der Waals surface area contributed by atoms with Crippen molar-refractivity contribution in [2.75, 3.05) is 5.32 Å². The fraction of sp³-hybridized carbons (Fsp3) is 0.0500. The van der Waals surface area contributed by atoms with E-state index in [1.54, 1.807) is 0 Å². The van der Waals surface area contributed by atoms with Crippen molar-refractivity contribution in [2.45, 2.75) is 6.92 Å². The molecule has 0 aliphatic carbocycles. The van der Waals surface area contributed by atoms with E-state index in [1.165, 1.54) is 5.56 Å². The number of para-hydroxylation sites is 2. The molecule has 0 heterocycles. The predicted octanol–water partition coefficient (Wildman–Crippen LogP) is 5.61. The van der Waals surface area contributed by atoms with Gasteiger partial charge in [-0.2, -0.15) is 0 Å². The molecule has 0 radical (unpaired) electrons. The number of aliphatic imine (C=N–C) groups is 1. The van der Waals surface area contributed by atoms with Crippen LogP contribution in [0.2, 0.25) is 0 Å². The van der Waals surface area contributed by atoms with Gasteiger partial charge in [0, 0.05) is 11.3 Å². The smallest absolute Gasteiger partial charge is 0.138 e. The van der Waals surface area contributed by atoms with Crippen LogP contribution in [-0.4, -0.2) is 5.84 Å². The summed E-state index contributed by atoms with van der Waals surface area (Å²) in [4.78, 5) is 4.76. The van der Waals surface area contributed by atoms with Crippen LogP contribution in [0.3, 0.4) is 0 Å². The maximum absolute atomic E-state index is 4.76. The van der Waals surface area contributed by atoms with Gasteiger partial charge in [0.1, 0.15) is 5.84 Å². The molecule has 3 heteroatoms. The molecule has 1 N–H and O–H groups in total. The third-order valence-corrected chi connectivity index (χ3v) is 3.36. The number of aryl methyl sites for hydroxylation is 1. The zero-order chi connectivity index (χ0) is 15.2. The molecule has 0 saturated carbocycles. The van der Waals surface area contributed by atoms with E-state index >= 15 is 0 Å². The second kappa shape index (κ2) is 8.16. The van der Waals surface area contributed by atoms with Crippen LogP contribution < -0.4 is 5.32 Å². The van der Waals surface area contributed by atoms with Crippen LogP contribution in [0.4, 0.5) is 11.4 Å². The van der Waals surface area contributed by atoms with Crippen molar-refractivity contribution in [1.29, 1.82) is 0 Å². The van der Waals surface area contributed by atoms with Gasteiger partial charge in [-0.15, -0.1) is 12.4 Å². The van der Waals surface area contributed by atoms with Crippen molar-refractivity contribution in [2.24, 2.45) is 4.99 Å². The highest BCUT2D eigenvalue weighted by atomic mass is 35.5. The molecule has 0 atom stereocenters. The molecule has 3 aromatic carbocycles. The van der Waals surface area contributed by atoms with Crippen LogP contribution in [0, 0.1) is 6.92 Å². The monoisotopic (exact) mass is 322 g/mol. The summed E-state index contributed by atoms with van der Waals surface area (Å²) in [6, 6.07) is 28.5. The molecular weight excluding hydrogens is 304 g/mol. The lowest BCUT2D eigenvalue weighted by atomic mass is 10.1. The van der Waals surface area contributed by atoms with Crippen molar-refractivity contribution in [3.05, 3.63) is 96.1 Å². The molecule has 0 aliphatic rings. The van der Waals surface area contributed by atoms with Gasteiger partial charge in [0.2, 0.25) is 0 Å². The van der Waals surface area contributed by atoms with Crippen LogP contribution in [0.25, 0.3) is 0 Å². The Hall–Kier alpha value is -2.58. The van der Waals surface area contributed by atoms with Gasteiger partial charge in [-0.1, -0.05) is 66.2 Å². The summed E-state index contributed by atoms with van der Waals surface area (Å²) < 4.78 is 0. The number of nitrogens with zero attached hydrogens (tertiary/aromatic N) is 1. The maximum atomic E-state index is 4.76. The summed E-state index contributed by atoms with van der Waals surface area (Å²) in [5, 5.41) is 3.41. The van der Waals surface area contributed by atoms with Crippen molar-refractivity contribution >= 4 is 29.6 Å². The molecule has 116 valence electrons. The molecule has 23 heavy (non-hydrogen) atoms. The zero-order valence-corrected chi connectivity index (χ0v) is 13.8. The fourth-order valence-corrected chi connectivity index (χ4v) is 2.17. The number of hydrogen-bond donors (Lipinski definition) is 1. The number of rotatable bonds is 3. The van der Waals surface area contributed by atoms with Gasteiger partial charge in [-0.25, -0.2) is 4.99 Å². The second-order valence-corrected chi connectivity index (χ2v) is 5.15. The predicted molar refractivity (Wildman–Crippen MR) is 101 cm³/mol. The Morgan fingerprint density at radius 1 is 0.739 bits per heavy atom. The van der Waals surface area contributed by atoms with E-state index < -0.39 is 0 Å². The largest absolute Gasteiger partial charge is 0.340 e. The Bertz CT molecular complexity index is 751. The lowest BCUT2D eigenvalue weighted by Gasteiger charge is -2.11. The van der Waals surface area contributed by atoms with E-state index in [-0.39, 0.29) is 12.4 Å². The molecule has 3 rings (SSSR count). The van der Waals surface area contributed by atoms with E-state index in [9.17, 15) is 0 Å². The molecule has 0 aliphatic heterocycles. The minimum atomic E-state index is 0. The first kappa shape index (κ1) is 16.8. The van der Waals surface area contributed by atoms with E-state index in [2.05, 4.69) is 36.5 Å². The van der Waals surface area contributed by atoms with Crippen LogP contribution in [-0.2, 0) is 0 Å². The number of anilines is 1. The number of amidine groups is 1. The molecular formula is C20H19ClN2. The van der Waals surface area contributed by atoms with Crippen LogP contribution in [0.5, 0.6) is 0 Å². The molecule has 0 amide bonds. The van der Waals surface area contributed by atoms with E-state index in [4.69, 9.17) is 4.99 Å². The summed E-state index contributed by atoms with van der Waals surface area (Å²) >= 11 is 0. The van der Waals surface area contributed by atoms with E-state index in [0.29, 0.717) is 0 Å². The van der Waals surface area contributed by atoms with Crippen LogP contribution in [0.15, 0.2) is 89.9 Å². The number of nitrogens with one attached hydrogen (secondary N) is 1. The summed E-state index contributed by atoms with van der Waals surface area (Å²) in [5.41, 5.74) is 4.26. The molecule has 0 aromatic heterocycles. The third kappa shape index (κ3) is 4.70. The first-order valence-corrected chi connectivity index (χ1v) is 7.34. The Kier molecular flexibility index (Phi) is 5.95. The van der Waals surface area contributed by atoms with Crippen molar-refractivity contribution in [3.63, 3.8) is 0 Å². The molecule has 0 spiro atoms. The standard InChI is InChI=1S/C20H18N2.ClH/c1-16-12-14-17(15-13-16)20(21-18-8-4-2-5-9-18)22-19-10-6-3-7-11-19;/h2-15H,1H3,(H,21,22);1H. The topological polar surface area (TPSA) is 24.4 Å². The second-order valence-electron chi connectivity index (χ2n) is 5.15. The average Bonchev–Trinajstić information content (AvgIpc) is 2.57. The van der Waals surface area contributed by atoms with Crippen molar-refractivity contribution in [3.8, 4) is 0 Å². The van der Waals surface area contributed by atoms with Crippen molar-refractivity contribution < 1.29 is 0 Å². The minimum absolute atomic E-state index is 0. The van der Waals surface area contributed by atoms with Gasteiger partial charge in [-0.05, 0) is 31.2 Å². The Balaban J connectivity index is 0.00000192. The third-order valence-electron chi connectivity index (χ3n) is 3.36. The lowest BCUT2D eigenvalue weighted by molar-refractivity contribution is 1.43. The Labute approximate surface area is 143 Å². The highest BCUT2D eigenvalue weighted by Crippen LogP contribution is 2.16. The highest BCUT2D eigenvalue weighted by molar-refractivity contribution is 6.09. The molecule has 0 saturated heterocycles. The Morgan fingerprint density at radius 2 is 1.30 bits per heavy atom. The van der Waals surface area contributed by atoms with E-state index in [1.807, 2.05) is 60.7 Å². The maximum Gasteiger partial charge on any atom is 0.138 e. The van der Waals surface area contributed by atoms with Gasteiger partial charge in [0.15, 0.2) is 0 Å². The van der Waals surface area contributed by atoms with Gasteiger partial charge in [-0.3, -0.25) is 0 Å². The number of benzene rings is 3. The normalized spacial score (nSPS) is 10.7. The molecule has 0 unspecified atom stereocenters. The SMILES string of the molecule is Cc1ccc(C(=Nc2ccccc2)Nc2ccccc2)cc1.Cl. The van der Waals surface area contributed by atoms with Gasteiger partial charge in [0.05, 0.1) is 5.69 Å². The summed E-state index contributed by atoms with van der Waals surface area (Å²) in [7, 11) is 0. The van der Waals surface area contributed by atoms with Gasteiger partial charge >= 0.3 is 0 Å². The first-order valence-electron chi connectivity index (χ1n) is 7.34. The van der Waals surface area contributed by atoms with Gasteiger partial charge in [0.25, 0.3) is 0 Å². The summed E-state index contributed by atoms with van der Waals surface area (Å²) in [6.07, 6.45) is 0. The zero-order valence-electron chi connectivity index (χ0n) is 12.9. The van der Waals surface area contributed by atoms with Crippen molar-refractivity contribution in [1.82, 2.24) is 0 Å². The molecule has 2 nitrogen and oxygen atoms in total. The number of halogens is 1. The highest BCUT2D eigenvalue weighted by Gasteiger charge is 2.04. The Morgan fingerprint density at radius 3 is 1.91 bits per heavy atom. The number of hydrogen-bond acceptors (Lipinski definition) is 1. The molecule has 0 fully saturated rings. The first-order chi connectivity index (χ1) is 10.8. The summed E-state index contributed by atoms with van der Waals surface area (Å²) in [5.74, 6) is 0.845. The fourth-order valence-electron chi connectivity index (χ4n) is 2.17. The van der Waals surface area contributed by atoms with Gasteiger partial charge < -0.3 is 5.32 Å². The molecule has 0 bridgehead atoms. The minimum Gasteiger partial charge on any atom is -0.340 e. The van der Waals surface area contributed by atoms with Crippen LogP contribution >= 0.6 is 12.4 Å². The van der Waals surface area contributed by atoms with E-state index in [0.717, 1.165) is 22.8 Å². The van der Waals surface area contributed by atoms with Crippen LogP contribution in [0.1, 0.15) is 11.1 Å². The molecule has 3 aromatic rings.